The molecule has 15 heavy (non-hydrogen) atoms. The SMILES string of the molecule is CC(C)(CN)C(=O)c1cc(Cl)ccc1Cl. The summed E-state index contributed by atoms with van der Waals surface area (Å²) in [5.41, 5.74) is 5.35. The lowest BCUT2D eigenvalue weighted by atomic mass is 9.84. The van der Waals surface area contributed by atoms with Crippen LogP contribution in [0.15, 0.2) is 18.2 Å². The molecule has 1 aromatic rings. The zero-order valence-electron chi connectivity index (χ0n) is 8.68. The number of Topliss-reactive ketones (excluding diaryl/α,β-unsaturated/α-hetero) is 1. The Hall–Kier alpha value is -0.570. The van der Waals surface area contributed by atoms with E-state index in [2.05, 4.69) is 0 Å². The molecule has 0 aromatic heterocycles. The van der Waals surface area contributed by atoms with Gasteiger partial charge in [0.1, 0.15) is 0 Å². The molecule has 0 aliphatic carbocycles. The van der Waals surface area contributed by atoms with Gasteiger partial charge >= 0.3 is 0 Å². The Labute approximate surface area is 99.4 Å². The van der Waals surface area contributed by atoms with Gasteiger partial charge in [-0.15, -0.1) is 0 Å². The Morgan fingerprint density at radius 2 is 2.00 bits per heavy atom. The van der Waals surface area contributed by atoms with Gasteiger partial charge < -0.3 is 5.73 Å². The van der Waals surface area contributed by atoms with E-state index in [4.69, 9.17) is 28.9 Å². The van der Waals surface area contributed by atoms with Gasteiger partial charge in [-0.05, 0) is 18.2 Å². The maximum atomic E-state index is 12.0. The Morgan fingerprint density at radius 1 is 1.40 bits per heavy atom. The van der Waals surface area contributed by atoms with Crippen LogP contribution in [0.25, 0.3) is 0 Å². The molecule has 2 nitrogen and oxygen atoms in total. The summed E-state index contributed by atoms with van der Waals surface area (Å²) in [7, 11) is 0. The second-order valence-electron chi connectivity index (χ2n) is 4.04. The minimum Gasteiger partial charge on any atom is -0.329 e. The first-order valence-electron chi connectivity index (χ1n) is 4.58. The number of hydrogen-bond acceptors (Lipinski definition) is 2. The lowest BCUT2D eigenvalue weighted by molar-refractivity contribution is 0.0848. The average Bonchev–Trinajstić information content (AvgIpc) is 2.20. The third-order valence-corrected chi connectivity index (χ3v) is 2.86. The Kier molecular flexibility index (Phi) is 3.77. The fraction of sp³-hybridized carbons (Fsp3) is 0.364. The molecule has 0 atom stereocenters. The van der Waals surface area contributed by atoms with Gasteiger partial charge in [0.15, 0.2) is 5.78 Å². The molecule has 0 fully saturated rings. The lowest BCUT2D eigenvalue weighted by Gasteiger charge is -2.21. The first-order chi connectivity index (χ1) is 6.88. The van der Waals surface area contributed by atoms with Crippen LogP contribution in [0.4, 0.5) is 0 Å². The zero-order chi connectivity index (χ0) is 11.6. The van der Waals surface area contributed by atoms with Crippen molar-refractivity contribution < 1.29 is 4.79 Å². The van der Waals surface area contributed by atoms with E-state index in [1.54, 1.807) is 32.0 Å². The normalized spacial score (nSPS) is 11.5. The number of carbonyl (C=O) groups is 1. The lowest BCUT2D eigenvalue weighted by Crippen LogP contribution is -2.32. The molecule has 0 unspecified atom stereocenters. The van der Waals surface area contributed by atoms with Crippen molar-refractivity contribution in [1.82, 2.24) is 0 Å². The van der Waals surface area contributed by atoms with Crippen molar-refractivity contribution in [2.45, 2.75) is 13.8 Å². The summed E-state index contributed by atoms with van der Waals surface area (Å²) in [5.74, 6) is -0.0856. The largest absolute Gasteiger partial charge is 0.329 e. The molecule has 4 heteroatoms. The molecule has 0 heterocycles. The van der Waals surface area contributed by atoms with Gasteiger partial charge in [-0.1, -0.05) is 37.0 Å². The van der Waals surface area contributed by atoms with E-state index in [1.165, 1.54) is 0 Å². The molecule has 0 amide bonds. The summed E-state index contributed by atoms with van der Waals surface area (Å²) in [6.45, 7) is 3.84. The van der Waals surface area contributed by atoms with Crippen molar-refractivity contribution in [2.24, 2.45) is 11.1 Å². The summed E-state index contributed by atoms with van der Waals surface area (Å²) < 4.78 is 0. The highest BCUT2D eigenvalue weighted by Crippen LogP contribution is 2.27. The molecular formula is C11H13Cl2NO. The summed E-state index contributed by atoms with van der Waals surface area (Å²) in [5, 5.41) is 0.904. The quantitative estimate of drug-likeness (QED) is 0.832. The highest BCUT2D eigenvalue weighted by atomic mass is 35.5. The van der Waals surface area contributed by atoms with E-state index in [-0.39, 0.29) is 12.3 Å². The fourth-order valence-corrected chi connectivity index (χ4v) is 1.50. The van der Waals surface area contributed by atoms with Crippen molar-refractivity contribution in [3.8, 4) is 0 Å². The van der Waals surface area contributed by atoms with Crippen molar-refractivity contribution >= 4 is 29.0 Å². The van der Waals surface area contributed by atoms with Crippen LogP contribution >= 0.6 is 23.2 Å². The molecule has 0 radical (unpaired) electrons. The van der Waals surface area contributed by atoms with Crippen molar-refractivity contribution in [3.63, 3.8) is 0 Å². The van der Waals surface area contributed by atoms with Crippen molar-refractivity contribution in [3.05, 3.63) is 33.8 Å². The maximum absolute atomic E-state index is 12.0. The third kappa shape index (κ3) is 2.71. The first-order valence-corrected chi connectivity index (χ1v) is 5.34. The molecule has 0 bridgehead atoms. The van der Waals surface area contributed by atoms with E-state index in [9.17, 15) is 4.79 Å². The smallest absolute Gasteiger partial charge is 0.171 e. The molecule has 2 N–H and O–H groups in total. The van der Waals surface area contributed by atoms with E-state index < -0.39 is 5.41 Å². The van der Waals surface area contributed by atoms with Gasteiger partial charge in [0.25, 0.3) is 0 Å². The van der Waals surface area contributed by atoms with Crippen LogP contribution in [0.5, 0.6) is 0 Å². The molecular weight excluding hydrogens is 233 g/mol. The van der Waals surface area contributed by atoms with Crippen LogP contribution in [0.3, 0.4) is 0 Å². The summed E-state index contributed by atoms with van der Waals surface area (Å²) in [4.78, 5) is 12.0. The number of hydrogen-bond donors (Lipinski definition) is 1. The van der Waals surface area contributed by atoms with Crippen LogP contribution in [-0.2, 0) is 0 Å². The fourth-order valence-electron chi connectivity index (χ4n) is 1.13. The second kappa shape index (κ2) is 4.52. The molecule has 0 aliphatic heterocycles. The highest BCUT2D eigenvalue weighted by Gasteiger charge is 2.28. The summed E-state index contributed by atoms with van der Waals surface area (Å²) in [6, 6.07) is 4.84. The number of carbonyl (C=O) groups excluding carboxylic acids is 1. The molecule has 1 rings (SSSR count). The number of rotatable bonds is 3. The predicted octanol–water partition coefficient (Wildman–Crippen LogP) is 3.16. The van der Waals surface area contributed by atoms with Crippen molar-refractivity contribution in [2.75, 3.05) is 6.54 Å². The van der Waals surface area contributed by atoms with E-state index in [0.717, 1.165) is 0 Å². The molecule has 0 saturated heterocycles. The molecule has 0 saturated carbocycles. The number of halogens is 2. The van der Waals surface area contributed by atoms with Gasteiger partial charge in [0.05, 0.1) is 5.02 Å². The van der Waals surface area contributed by atoms with Crippen LogP contribution in [0.2, 0.25) is 10.0 Å². The van der Waals surface area contributed by atoms with Crippen LogP contribution in [-0.4, -0.2) is 12.3 Å². The maximum Gasteiger partial charge on any atom is 0.171 e. The van der Waals surface area contributed by atoms with Crippen molar-refractivity contribution in [1.29, 1.82) is 0 Å². The number of benzene rings is 1. The standard InChI is InChI=1S/C11H13Cl2NO/c1-11(2,6-14)10(15)8-5-7(12)3-4-9(8)13/h3-5H,6,14H2,1-2H3. The number of nitrogens with two attached hydrogens (primary N) is 1. The summed E-state index contributed by atoms with van der Waals surface area (Å²) in [6.07, 6.45) is 0. The predicted molar refractivity (Wildman–Crippen MR) is 63.6 cm³/mol. The Balaban J connectivity index is 3.17. The third-order valence-electron chi connectivity index (χ3n) is 2.30. The number of ketones is 1. The Morgan fingerprint density at radius 3 is 2.53 bits per heavy atom. The van der Waals surface area contributed by atoms with Gasteiger partial charge in [0.2, 0.25) is 0 Å². The average molecular weight is 246 g/mol. The molecule has 0 spiro atoms. The van der Waals surface area contributed by atoms with Crippen LogP contribution < -0.4 is 5.73 Å². The van der Waals surface area contributed by atoms with E-state index >= 15 is 0 Å². The van der Waals surface area contributed by atoms with Gasteiger partial charge in [-0.2, -0.15) is 0 Å². The molecule has 82 valence electrons. The minimum absolute atomic E-state index is 0.0856. The molecule has 0 aliphatic rings. The van der Waals surface area contributed by atoms with Crippen LogP contribution in [0, 0.1) is 5.41 Å². The molecule has 1 aromatic carbocycles. The zero-order valence-corrected chi connectivity index (χ0v) is 10.2. The minimum atomic E-state index is -0.617. The monoisotopic (exact) mass is 245 g/mol. The highest BCUT2D eigenvalue weighted by molar-refractivity contribution is 6.36. The summed E-state index contributed by atoms with van der Waals surface area (Å²) >= 11 is 11.7. The topological polar surface area (TPSA) is 43.1 Å². The van der Waals surface area contributed by atoms with E-state index in [1.807, 2.05) is 0 Å². The van der Waals surface area contributed by atoms with Crippen LogP contribution in [0.1, 0.15) is 24.2 Å². The second-order valence-corrected chi connectivity index (χ2v) is 4.88. The Bertz CT molecular complexity index is 388. The van der Waals surface area contributed by atoms with Gasteiger partial charge in [-0.3, -0.25) is 4.79 Å². The van der Waals surface area contributed by atoms with Gasteiger partial charge in [0, 0.05) is 22.5 Å². The van der Waals surface area contributed by atoms with E-state index in [0.29, 0.717) is 15.6 Å². The van der Waals surface area contributed by atoms with Gasteiger partial charge in [-0.25, -0.2) is 0 Å². The first kappa shape index (κ1) is 12.5.